The number of carbonyl (C=O) groups excluding carboxylic acids is 1. The summed E-state index contributed by atoms with van der Waals surface area (Å²) < 4.78 is 2.09. The molecule has 19 heavy (non-hydrogen) atoms. The summed E-state index contributed by atoms with van der Waals surface area (Å²) in [7, 11) is 1.74. The fourth-order valence-electron chi connectivity index (χ4n) is 1.61. The maximum Gasteiger partial charge on any atom is 0.274 e. The average molecular weight is 344 g/mol. The van der Waals surface area contributed by atoms with Gasteiger partial charge in [-0.2, -0.15) is 5.10 Å². The van der Waals surface area contributed by atoms with Gasteiger partial charge in [-0.15, -0.1) is 0 Å². The van der Waals surface area contributed by atoms with Crippen molar-refractivity contribution in [1.82, 2.24) is 14.8 Å². The summed E-state index contributed by atoms with van der Waals surface area (Å²) in [4.78, 5) is 16.2. The second-order valence-corrected chi connectivity index (χ2v) is 5.13. The number of halogens is 2. The third-order valence-corrected chi connectivity index (χ3v) is 3.42. The highest BCUT2D eigenvalue weighted by atomic mass is 79.9. The molecule has 100 valence electrons. The first-order valence-electron chi connectivity index (χ1n) is 5.66. The van der Waals surface area contributed by atoms with Gasteiger partial charge in [0.05, 0.1) is 16.4 Å². The lowest BCUT2D eigenvalue weighted by molar-refractivity contribution is 0.101. The molecule has 0 spiro atoms. The molecule has 0 fully saturated rings. The zero-order valence-corrected chi connectivity index (χ0v) is 12.8. The fraction of sp³-hybridized carbons (Fsp3) is 0.250. The number of hydrogen-bond donors (Lipinski definition) is 1. The molecule has 0 saturated heterocycles. The van der Waals surface area contributed by atoms with Crippen LogP contribution in [-0.2, 0) is 13.5 Å². The summed E-state index contributed by atoms with van der Waals surface area (Å²) in [5, 5.41) is 7.44. The lowest BCUT2D eigenvalue weighted by Crippen LogP contribution is -2.16. The van der Waals surface area contributed by atoms with Gasteiger partial charge in [-0.25, -0.2) is 4.98 Å². The van der Waals surface area contributed by atoms with Gasteiger partial charge in [-0.3, -0.25) is 9.48 Å². The highest BCUT2D eigenvalue weighted by Crippen LogP contribution is 2.23. The van der Waals surface area contributed by atoms with Crippen molar-refractivity contribution in [3.05, 3.63) is 39.3 Å². The molecule has 0 aliphatic heterocycles. The molecule has 0 aliphatic carbocycles. The van der Waals surface area contributed by atoms with Crippen LogP contribution in [0, 0.1) is 0 Å². The van der Waals surface area contributed by atoms with Crippen LogP contribution >= 0.6 is 27.5 Å². The highest BCUT2D eigenvalue weighted by Gasteiger charge is 2.14. The first-order valence-corrected chi connectivity index (χ1v) is 6.83. The zero-order valence-electron chi connectivity index (χ0n) is 10.4. The van der Waals surface area contributed by atoms with E-state index in [4.69, 9.17) is 11.6 Å². The van der Waals surface area contributed by atoms with Crippen LogP contribution in [0.25, 0.3) is 0 Å². The standard InChI is InChI=1S/C12H12BrClN4O/c1-3-8-5-10(18(2)17-8)12(19)16-9-4-7(14)6-15-11(9)13/h4-6H,3H2,1-2H3,(H,16,19). The Morgan fingerprint density at radius 1 is 1.53 bits per heavy atom. The van der Waals surface area contributed by atoms with Gasteiger partial charge in [0, 0.05) is 13.2 Å². The molecule has 0 aliphatic rings. The van der Waals surface area contributed by atoms with E-state index in [-0.39, 0.29) is 5.91 Å². The summed E-state index contributed by atoms with van der Waals surface area (Å²) in [5.41, 5.74) is 1.89. The SMILES string of the molecule is CCc1cc(C(=O)Nc2cc(Cl)cnc2Br)n(C)n1. The minimum absolute atomic E-state index is 0.250. The van der Waals surface area contributed by atoms with Crippen molar-refractivity contribution in [1.29, 1.82) is 0 Å². The van der Waals surface area contributed by atoms with Crippen LogP contribution < -0.4 is 5.32 Å². The van der Waals surface area contributed by atoms with Crippen molar-refractivity contribution in [3.63, 3.8) is 0 Å². The first kappa shape index (κ1) is 14.0. The monoisotopic (exact) mass is 342 g/mol. The van der Waals surface area contributed by atoms with Gasteiger partial charge in [-0.05, 0) is 34.5 Å². The van der Waals surface area contributed by atoms with Crippen molar-refractivity contribution in [3.8, 4) is 0 Å². The fourth-order valence-corrected chi connectivity index (χ4v) is 2.08. The van der Waals surface area contributed by atoms with Crippen molar-refractivity contribution in [2.75, 3.05) is 5.32 Å². The van der Waals surface area contributed by atoms with Gasteiger partial charge < -0.3 is 5.32 Å². The Morgan fingerprint density at radius 3 is 2.89 bits per heavy atom. The van der Waals surface area contributed by atoms with Crippen molar-refractivity contribution in [2.45, 2.75) is 13.3 Å². The lowest BCUT2D eigenvalue weighted by Gasteiger charge is -2.07. The maximum absolute atomic E-state index is 12.2. The van der Waals surface area contributed by atoms with E-state index in [9.17, 15) is 4.79 Å². The summed E-state index contributed by atoms with van der Waals surface area (Å²) in [6.45, 7) is 1.99. The molecule has 2 rings (SSSR count). The first-order chi connectivity index (χ1) is 9.01. The van der Waals surface area contributed by atoms with Crippen molar-refractivity contribution in [2.24, 2.45) is 7.05 Å². The van der Waals surface area contributed by atoms with E-state index in [0.29, 0.717) is 21.0 Å². The molecule has 0 aromatic carbocycles. The Kier molecular flexibility index (Phi) is 4.21. The number of aryl methyl sites for hydroxylation is 2. The molecule has 0 unspecified atom stereocenters. The van der Waals surface area contributed by atoms with Gasteiger partial charge in [0.25, 0.3) is 5.91 Å². The molecule has 2 aromatic heterocycles. The van der Waals surface area contributed by atoms with E-state index in [1.807, 2.05) is 6.92 Å². The quantitative estimate of drug-likeness (QED) is 0.871. The lowest BCUT2D eigenvalue weighted by atomic mass is 10.3. The van der Waals surface area contributed by atoms with Crippen LogP contribution in [0.2, 0.25) is 5.02 Å². The minimum Gasteiger partial charge on any atom is -0.318 e. The summed E-state index contributed by atoms with van der Waals surface area (Å²) in [6.07, 6.45) is 2.28. The molecule has 2 heterocycles. The van der Waals surface area contributed by atoms with Gasteiger partial charge in [-0.1, -0.05) is 18.5 Å². The predicted molar refractivity (Wildman–Crippen MR) is 77.5 cm³/mol. The van der Waals surface area contributed by atoms with Crippen LogP contribution in [0.15, 0.2) is 22.9 Å². The predicted octanol–water partition coefficient (Wildman–Crippen LogP) is 3.05. The van der Waals surface area contributed by atoms with Gasteiger partial charge in [0.15, 0.2) is 0 Å². The number of hydrogen-bond acceptors (Lipinski definition) is 3. The second-order valence-electron chi connectivity index (χ2n) is 3.94. The van der Waals surface area contributed by atoms with Crippen molar-refractivity contribution < 1.29 is 4.79 Å². The average Bonchev–Trinajstić information content (AvgIpc) is 2.75. The summed E-state index contributed by atoms with van der Waals surface area (Å²) in [5.74, 6) is -0.250. The molecule has 0 bridgehead atoms. The number of nitrogens with one attached hydrogen (secondary N) is 1. The van der Waals surface area contributed by atoms with Gasteiger partial charge in [0.2, 0.25) is 0 Å². The molecule has 1 amide bonds. The molecule has 0 atom stereocenters. The Balaban J connectivity index is 2.25. The van der Waals surface area contributed by atoms with Gasteiger partial charge in [0.1, 0.15) is 10.3 Å². The van der Waals surface area contributed by atoms with Crippen LogP contribution in [0.1, 0.15) is 23.1 Å². The summed E-state index contributed by atoms with van der Waals surface area (Å²) >= 11 is 9.11. The normalized spacial score (nSPS) is 10.5. The van der Waals surface area contributed by atoms with E-state index in [1.165, 1.54) is 6.20 Å². The largest absolute Gasteiger partial charge is 0.318 e. The third-order valence-electron chi connectivity index (χ3n) is 2.58. The molecule has 0 saturated carbocycles. The molecule has 7 heteroatoms. The smallest absolute Gasteiger partial charge is 0.274 e. The van der Waals surface area contributed by atoms with E-state index in [1.54, 1.807) is 23.9 Å². The van der Waals surface area contributed by atoms with E-state index < -0.39 is 0 Å². The second kappa shape index (κ2) is 5.71. The zero-order chi connectivity index (χ0) is 14.0. The molecular weight excluding hydrogens is 332 g/mol. The van der Waals surface area contributed by atoms with Crippen LogP contribution in [0.3, 0.4) is 0 Å². The molecule has 2 aromatic rings. The van der Waals surface area contributed by atoms with Crippen LogP contribution in [0.4, 0.5) is 5.69 Å². The van der Waals surface area contributed by atoms with Crippen LogP contribution in [-0.4, -0.2) is 20.7 Å². The molecular formula is C12H12BrClN4O. The molecule has 0 radical (unpaired) electrons. The number of rotatable bonds is 3. The Bertz CT molecular complexity index is 626. The number of carbonyl (C=O) groups is 1. The Morgan fingerprint density at radius 2 is 2.26 bits per heavy atom. The topological polar surface area (TPSA) is 59.8 Å². The number of nitrogens with zero attached hydrogens (tertiary/aromatic N) is 3. The number of amides is 1. The Labute approximate surface area is 124 Å². The Hall–Kier alpha value is -1.40. The maximum atomic E-state index is 12.2. The number of anilines is 1. The highest BCUT2D eigenvalue weighted by molar-refractivity contribution is 9.10. The van der Waals surface area contributed by atoms with Gasteiger partial charge >= 0.3 is 0 Å². The van der Waals surface area contributed by atoms with E-state index >= 15 is 0 Å². The summed E-state index contributed by atoms with van der Waals surface area (Å²) in [6, 6.07) is 3.40. The van der Waals surface area contributed by atoms with Crippen molar-refractivity contribution >= 4 is 39.1 Å². The minimum atomic E-state index is -0.250. The molecule has 1 N–H and O–H groups in total. The van der Waals surface area contributed by atoms with E-state index in [0.717, 1.165) is 12.1 Å². The third kappa shape index (κ3) is 3.13. The van der Waals surface area contributed by atoms with E-state index in [2.05, 4.69) is 31.3 Å². The molecule has 5 nitrogen and oxygen atoms in total. The number of pyridine rings is 1. The van der Waals surface area contributed by atoms with Crippen LogP contribution in [0.5, 0.6) is 0 Å². The number of aromatic nitrogens is 3.